The SMILES string of the molecule is NCC1(Cc2cn3ccsc3n2)CCOC1. The van der Waals surface area contributed by atoms with E-state index < -0.39 is 0 Å². The Hall–Kier alpha value is -0.910. The van der Waals surface area contributed by atoms with Gasteiger partial charge >= 0.3 is 0 Å². The van der Waals surface area contributed by atoms with Crippen LogP contribution in [0.1, 0.15) is 12.1 Å². The third-order valence-electron chi connectivity index (χ3n) is 3.32. The molecule has 0 radical (unpaired) electrons. The molecular weight excluding hydrogens is 222 g/mol. The summed E-state index contributed by atoms with van der Waals surface area (Å²) in [4.78, 5) is 5.66. The first kappa shape index (κ1) is 10.3. The van der Waals surface area contributed by atoms with Crippen LogP contribution in [0.2, 0.25) is 0 Å². The Balaban J connectivity index is 1.85. The molecule has 1 atom stereocenters. The molecule has 3 rings (SSSR count). The molecule has 16 heavy (non-hydrogen) atoms. The molecule has 3 heterocycles. The second kappa shape index (κ2) is 3.84. The van der Waals surface area contributed by atoms with Crippen LogP contribution in [0, 0.1) is 5.41 Å². The van der Waals surface area contributed by atoms with E-state index in [2.05, 4.69) is 15.6 Å². The largest absolute Gasteiger partial charge is 0.381 e. The Kier molecular flexibility index (Phi) is 2.46. The van der Waals surface area contributed by atoms with Gasteiger partial charge in [-0.3, -0.25) is 4.40 Å². The topological polar surface area (TPSA) is 52.5 Å². The van der Waals surface area contributed by atoms with Crippen LogP contribution >= 0.6 is 11.3 Å². The molecule has 2 aromatic rings. The monoisotopic (exact) mass is 237 g/mol. The maximum atomic E-state index is 5.87. The normalized spacial score (nSPS) is 25.6. The fourth-order valence-electron chi connectivity index (χ4n) is 2.27. The molecule has 5 heteroatoms. The lowest BCUT2D eigenvalue weighted by molar-refractivity contribution is 0.154. The minimum Gasteiger partial charge on any atom is -0.381 e. The summed E-state index contributed by atoms with van der Waals surface area (Å²) in [5.74, 6) is 0. The van der Waals surface area contributed by atoms with E-state index in [0.29, 0.717) is 6.54 Å². The van der Waals surface area contributed by atoms with Crippen LogP contribution in [-0.4, -0.2) is 29.1 Å². The lowest BCUT2D eigenvalue weighted by Gasteiger charge is -2.23. The van der Waals surface area contributed by atoms with E-state index in [1.165, 1.54) is 0 Å². The first-order valence-corrected chi connectivity index (χ1v) is 6.38. The minimum absolute atomic E-state index is 0.115. The highest BCUT2D eigenvalue weighted by atomic mass is 32.1. The van der Waals surface area contributed by atoms with Crippen molar-refractivity contribution in [3.63, 3.8) is 0 Å². The van der Waals surface area contributed by atoms with E-state index in [4.69, 9.17) is 10.5 Å². The fraction of sp³-hybridized carbons (Fsp3) is 0.545. The van der Waals surface area contributed by atoms with Crippen LogP contribution in [0.5, 0.6) is 0 Å². The molecular formula is C11H15N3OS. The van der Waals surface area contributed by atoms with Crippen molar-refractivity contribution < 1.29 is 4.74 Å². The van der Waals surface area contributed by atoms with Crippen molar-refractivity contribution in [1.82, 2.24) is 9.38 Å². The van der Waals surface area contributed by atoms with Crippen molar-refractivity contribution in [3.05, 3.63) is 23.5 Å². The highest BCUT2D eigenvalue weighted by Crippen LogP contribution is 2.31. The number of hydrogen-bond donors (Lipinski definition) is 1. The average Bonchev–Trinajstić information content (AvgIpc) is 2.93. The second-order valence-corrected chi connectivity index (χ2v) is 5.38. The van der Waals surface area contributed by atoms with E-state index >= 15 is 0 Å². The number of imidazole rings is 1. The number of rotatable bonds is 3. The van der Waals surface area contributed by atoms with Crippen LogP contribution in [0.15, 0.2) is 17.8 Å². The van der Waals surface area contributed by atoms with Gasteiger partial charge in [0, 0.05) is 42.8 Å². The number of ether oxygens (including phenoxy) is 1. The number of fused-ring (bicyclic) bond motifs is 1. The molecule has 2 aromatic heterocycles. The Morgan fingerprint density at radius 1 is 1.62 bits per heavy atom. The Labute approximate surface area is 98.0 Å². The summed E-state index contributed by atoms with van der Waals surface area (Å²) in [6.07, 6.45) is 6.12. The van der Waals surface area contributed by atoms with Crippen LogP contribution < -0.4 is 5.73 Å². The van der Waals surface area contributed by atoms with Crippen molar-refractivity contribution in [2.75, 3.05) is 19.8 Å². The Morgan fingerprint density at radius 3 is 3.25 bits per heavy atom. The molecule has 1 aliphatic heterocycles. The first-order chi connectivity index (χ1) is 7.81. The average molecular weight is 237 g/mol. The number of aromatic nitrogens is 2. The highest BCUT2D eigenvalue weighted by molar-refractivity contribution is 7.15. The van der Waals surface area contributed by atoms with Crippen LogP contribution in [0.4, 0.5) is 0 Å². The molecule has 0 saturated carbocycles. The van der Waals surface area contributed by atoms with Gasteiger partial charge in [-0.15, -0.1) is 11.3 Å². The van der Waals surface area contributed by atoms with Gasteiger partial charge < -0.3 is 10.5 Å². The van der Waals surface area contributed by atoms with E-state index in [1.807, 2.05) is 11.6 Å². The van der Waals surface area contributed by atoms with E-state index in [1.54, 1.807) is 11.3 Å². The summed E-state index contributed by atoms with van der Waals surface area (Å²) < 4.78 is 7.54. The quantitative estimate of drug-likeness (QED) is 0.875. The van der Waals surface area contributed by atoms with Gasteiger partial charge in [-0.05, 0) is 6.42 Å². The smallest absolute Gasteiger partial charge is 0.193 e. The van der Waals surface area contributed by atoms with E-state index in [-0.39, 0.29) is 5.41 Å². The fourth-order valence-corrected chi connectivity index (χ4v) is 2.99. The number of thiazole rings is 1. The van der Waals surface area contributed by atoms with E-state index in [0.717, 1.165) is 36.7 Å². The maximum absolute atomic E-state index is 5.87. The summed E-state index contributed by atoms with van der Waals surface area (Å²) in [6.45, 7) is 2.28. The van der Waals surface area contributed by atoms with Gasteiger partial charge in [0.2, 0.25) is 0 Å². The predicted octanol–water partition coefficient (Wildman–Crippen LogP) is 1.30. The van der Waals surface area contributed by atoms with Crippen LogP contribution in [0.3, 0.4) is 0 Å². The van der Waals surface area contributed by atoms with Crippen molar-refractivity contribution in [1.29, 1.82) is 0 Å². The second-order valence-electron chi connectivity index (χ2n) is 4.51. The standard InChI is InChI=1S/C11H15N3OS/c12-7-11(1-3-15-8-11)5-9-6-14-2-4-16-10(14)13-9/h2,4,6H,1,3,5,7-8,12H2. The van der Waals surface area contributed by atoms with Gasteiger partial charge in [-0.2, -0.15) is 0 Å². The number of hydrogen-bond acceptors (Lipinski definition) is 4. The molecule has 1 fully saturated rings. The van der Waals surface area contributed by atoms with Crippen LogP contribution in [-0.2, 0) is 11.2 Å². The van der Waals surface area contributed by atoms with Gasteiger partial charge in [0.15, 0.2) is 4.96 Å². The van der Waals surface area contributed by atoms with Crippen LogP contribution in [0.25, 0.3) is 4.96 Å². The molecule has 86 valence electrons. The van der Waals surface area contributed by atoms with Gasteiger partial charge in [0.25, 0.3) is 0 Å². The molecule has 1 aliphatic rings. The van der Waals surface area contributed by atoms with Gasteiger partial charge in [-0.1, -0.05) is 0 Å². The minimum atomic E-state index is 0.115. The summed E-state index contributed by atoms with van der Waals surface area (Å²) in [7, 11) is 0. The molecule has 0 aromatic carbocycles. The molecule has 0 spiro atoms. The van der Waals surface area contributed by atoms with Crippen molar-refractivity contribution in [2.45, 2.75) is 12.8 Å². The summed E-state index contributed by atoms with van der Waals surface area (Å²) in [6, 6.07) is 0. The van der Waals surface area contributed by atoms with Gasteiger partial charge in [0.1, 0.15) is 0 Å². The molecule has 4 nitrogen and oxygen atoms in total. The zero-order valence-corrected chi connectivity index (χ0v) is 9.87. The summed E-state index contributed by atoms with van der Waals surface area (Å²) in [5.41, 5.74) is 7.12. The van der Waals surface area contributed by atoms with Crippen molar-refractivity contribution in [3.8, 4) is 0 Å². The zero-order valence-electron chi connectivity index (χ0n) is 9.06. The number of nitrogens with zero attached hydrogens (tertiary/aromatic N) is 2. The summed E-state index contributed by atoms with van der Waals surface area (Å²) >= 11 is 1.66. The molecule has 1 saturated heterocycles. The third-order valence-corrected chi connectivity index (χ3v) is 4.09. The lowest BCUT2D eigenvalue weighted by Crippen LogP contribution is -2.33. The maximum Gasteiger partial charge on any atom is 0.193 e. The first-order valence-electron chi connectivity index (χ1n) is 5.50. The molecule has 2 N–H and O–H groups in total. The highest BCUT2D eigenvalue weighted by Gasteiger charge is 2.34. The third kappa shape index (κ3) is 1.65. The van der Waals surface area contributed by atoms with E-state index in [9.17, 15) is 0 Å². The molecule has 0 bridgehead atoms. The Morgan fingerprint density at radius 2 is 2.56 bits per heavy atom. The van der Waals surface area contributed by atoms with Crippen molar-refractivity contribution in [2.24, 2.45) is 11.1 Å². The zero-order chi connectivity index (χ0) is 11.0. The lowest BCUT2D eigenvalue weighted by atomic mass is 9.83. The van der Waals surface area contributed by atoms with Gasteiger partial charge in [-0.25, -0.2) is 4.98 Å². The Bertz CT molecular complexity index is 456. The molecule has 0 aliphatic carbocycles. The van der Waals surface area contributed by atoms with Gasteiger partial charge in [0.05, 0.1) is 12.3 Å². The molecule has 1 unspecified atom stereocenters. The summed E-state index contributed by atoms with van der Waals surface area (Å²) in [5, 5.41) is 2.05. The predicted molar refractivity (Wildman–Crippen MR) is 63.7 cm³/mol. The van der Waals surface area contributed by atoms with Crippen molar-refractivity contribution >= 4 is 16.3 Å². The number of nitrogens with two attached hydrogens (primary N) is 1. The molecule has 0 amide bonds.